The predicted molar refractivity (Wildman–Crippen MR) is 82.3 cm³/mol. The fraction of sp³-hybridized carbons (Fsp3) is 0.385. The van der Waals surface area contributed by atoms with Crippen LogP contribution < -0.4 is 11.1 Å². The number of hydrogen-bond acceptors (Lipinski definition) is 3. The monoisotopic (exact) mass is 342 g/mol. The minimum absolute atomic E-state index is 0.131. The van der Waals surface area contributed by atoms with Crippen LogP contribution in [0.2, 0.25) is 0 Å². The second-order valence-corrected chi connectivity index (χ2v) is 5.99. The zero-order valence-corrected chi connectivity index (χ0v) is 12.9. The van der Waals surface area contributed by atoms with Crippen LogP contribution in [0.5, 0.6) is 0 Å². The molecule has 0 radical (unpaired) electrons. The van der Waals surface area contributed by atoms with Crippen molar-refractivity contribution in [3.05, 3.63) is 28.2 Å². The van der Waals surface area contributed by atoms with Crippen LogP contribution in [-0.2, 0) is 9.53 Å². The van der Waals surface area contributed by atoms with Crippen molar-refractivity contribution in [3.8, 4) is 0 Å². The molecule has 1 heterocycles. The molecule has 1 aromatic carbocycles. The lowest BCUT2D eigenvalue weighted by Crippen LogP contribution is -2.39. The summed E-state index contributed by atoms with van der Waals surface area (Å²) in [6.45, 7) is 2.44. The van der Waals surface area contributed by atoms with E-state index in [-0.39, 0.29) is 5.91 Å². The summed E-state index contributed by atoms with van der Waals surface area (Å²) >= 11 is 8.31. The Kier molecular flexibility index (Phi) is 4.23. The largest absolute Gasteiger partial charge is 0.389 e. The molecule has 3 N–H and O–H groups in total. The van der Waals surface area contributed by atoms with Crippen molar-refractivity contribution >= 4 is 44.7 Å². The SMILES string of the molecule is CC1(C(=O)Nc2ccc(C(N)=S)cc2Br)CCCO1. The van der Waals surface area contributed by atoms with E-state index in [2.05, 4.69) is 21.2 Å². The average Bonchev–Trinajstić information content (AvgIpc) is 2.80. The third-order valence-electron chi connectivity index (χ3n) is 3.20. The first-order valence-corrected chi connectivity index (χ1v) is 7.17. The van der Waals surface area contributed by atoms with E-state index in [0.29, 0.717) is 17.3 Å². The van der Waals surface area contributed by atoms with Gasteiger partial charge in [0, 0.05) is 16.6 Å². The molecule has 0 spiro atoms. The van der Waals surface area contributed by atoms with Crippen LogP contribution in [-0.4, -0.2) is 23.1 Å². The number of rotatable bonds is 3. The second-order valence-electron chi connectivity index (χ2n) is 4.70. The Balaban J connectivity index is 2.15. The molecule has 0 aliphatic carbocycles. The highest BCUT2D eigenvalue weighted by molar-refractivity contribution is 9.10. The molecule has 2 rings (SSSR count). The minimum atomic E-state index is -0.735. The molecule has 19 heavy (non-hydrogen) atoms. The molecular formula is C13H15BrN2O2S. The predicted octanol–water partition coefficient (Wildman–Crippen LogP) is 2.59. The topological polar surface area (TPSA) is 64.4 Å². The van der Waals surface area contributed by atoms with Crippen LogP contribution in [0.15, 0.2) is 22.7 Å². The first-order chi connectivity index (χ1) is 8.92. The number of benzene rings is 1. The van der Waals surface area contributed by atoms with Gasteiger partial charge in [-0.05, 0) is 53.9 Å². The molecule has 0 aromatic heterocycles. The van der Waals surface area contributed by atoms with E-state index in [9.17, 15) is 4.79 Å². The van der Waals surface area contributed by atoms with Crippen molar-refractivity contribution in [1.82, 2.24) is 0 Å². The number of carbonyl (C=O) groups excluding carboxylic acids is 1. The summed E-state index contributed by atoms with van der Waals surface area (Å²) in [4.78, 5) is 12.5. The van der Waals surface area contributed by atoms with Crippen molar-refractivity contribution in [3.63, 3.8) is 0 Å². The number of anilines is 1. The quantitative estimate of drug-likeness (QED) is 0.828. The summed E-state index contributed by atoms with van der Waals surface area (Å²) in [6, 6.07) is 5.34. The van der Waals surface area contributed by atoms with Crippen LogP contribution in [0.1, 0.15) is 25.3 Å². The number of carbonyl (C=O) groups is 1. The van der Waals surface area contributed by atoms with Gasteiger partial charge in [0.2, 0.25) is 0 Å². The smallest absolute Gasteiger partial charge is 0.256 e. The highest BCUT2D eigenvalue weighted by atomic mass is 79.9. The Morgan fingerprint density at radius 1 is 1.58 bits per heavy atom. The number of nitrogens with one attached hydrogen (secondary N) is 1. The van der Waals surface area contributed by atoms with Crippen molar-refractivity contribution in [2.24, 2.45) is 5.73 Å². The molecule has 1 fully saturated rings. The maximum absolute atomic E-state index is 12.2. The molecule has 1 unspecified atom stereocenters. The van der Waals surface area contributed by atoms with E-state index in [1.807, 2.05) is 6.92 Å². The molecule has 1 amide bonds. The molecule has 1 saturated heterocycles. The Hall–Kier alpha value is -0.980. The summed E-state index contributed by atoms with van der Waals surface area (Å²) in [6.07, 6.45) is 1.65. The molecule has 0 saturated carbocycles. The van der Waals surface area contributed by atoms with Crippen molar-refractivity contribution < 1.29 is 9.53 Å². The lowest BCUT2D eigenvalue weighted by Gasteiger charge is -2.22. The third kappa shape index (κ3) is 3.13. The van der Waals surface area contributed by atoms with E-state index >= 15 is 0 Å². The summed E-state index contributed by atoms with van der Waals surface area (Å²) in [7, 11) is 0. The number of halogens is 1. The Labute approximate surface area is 125 Å². The minimum Gasteiger partial charge on any atom is -0.389 e. The zero-order chi connectivity index (χ0) is 14.0. The Morgan fingerprint density at radius 3 is 2.84 bits per heavy atom. The summed E-state index contributed by atoms with van der Waals surface area (Å²) in [5.41, 5.74) is 6.26. The van der Waals surface area contributed by atoms with Crippen LogP contribution in [0, 0.1) is 0 Å². The fourth-order valence-electron chi connectivity index (χ4n) is 1.98. The van der Waals surface area contributed by atoms with Crippen molar-refractivity contribution in [2.45, 2.75) is 25.4 Å². The van der Waals surface area contributed by atoms with Crippen LogP contribution in [0.25, 0.3) is 0 Å². The standard InChI is InChI=1S/C13H15BrN2O2S/c1-13(5-2-6-18-13)12(17)16-10-4-3-8(11(15)19)7-9(10)14/h3-4,7H,2,5-6H2,1H3,(H2,15,19)(H,16,17). The van der Waals surface area contributed by atoms with Gasteiger partial charge in [-0.2, -0.15) is 0 Å². The van der Waals surface area contributed by atoms with E-state index in [1.165, 1.54) is 0 Å². The maximum atomic E-state index is 12.2. The first-order valence-electron chi connectivity index (χ1n) is 5.97. The highest BCUT2D eigenvalue weighted by Crippen LogP contribution is 2.29. The number of thiocarbonyl (C=S) groups is 1. The average molecular weight is 343 g/mol. The lowest BCUT2D eigenvalue weighted by molar-refractivity contribution is -0.133. The molecule has 6 heteroatoms. The number of amides is 1. The van der Waals surface area contributed by atoms with Crippen molar-refractivity contribution in [2.75, 3.05) is 11.9 Å². The van der Waals surface area contributed by atoms with Gasteiger partial charge in [0.1, 0.15) is 10.6 Å². The molecule has 1 aliphatic heterocycles. The van der Waals surface area contributed by atoms with Gasteiger partial charge >= 0.3 is 0 Å². The van der Waals surface area contributed by atoms with E-state index in [4.69, 9.17) is 22.7 Å². The molecule has 4 nitrogen and oxygen atoms in total. The normalized spacial score (nSPS) is 22.2. The summed E-state index contributed by atoms with van der Waals surface area (Å²) in [5, 5.41) is 2.86. The van der Waals surface area contributed by atoms with E-state index in [0.717, 1.165) is 22.9 Å². The van der Waals surface area contributed by atoms with E-state index < -0.39 is 5.60 Å². The van der Waals surface area contributed by atoms with Gasteiger partial charge in [-0.15, -0.1) is 0 Å². The van der Waals surface area contributed by atoms with Crippen LogP contribution in [0.3, 0.4) is 0 Å². The number of nitrogens with two attached hydrogens (primary N) is 1. The molecule has 102 valence electrons. The van der Waals surface area contributed by atoms with Gasteiger partial charge in [-0.3, -0.25) is 4.79 Å². The molecular weight excluding hydrogens is 328 g/mol. The van der Waals surface area contributed by atoms with Crippen LogP contribution >= 0.6 is 28.1 Å². The van der Waals surface area contributed by atoms with Gasteiger partial charge in [-0.1, -0.05) is 12.2 Å². The lowest BCUT2D eigenvalue weighted by atomic mass is 10.0. The second kappa shape index (κ2) is 5.56. The van der Waals surface area contributed by atoms with Gasteiger partial charge < -0.3 is 15.8 Å². The first kappa shape index (κ1) is 14.4. The summed E-state index contributed by atoms with van der Waals surface area (Å²) < 4.78 is 6.25. The zero-order valence-electron chi connectivity index (χ0n) is 10.5. The van der Waals surface area contributed by atoms with Gasteiger partial charge in [0.25, 0.3) is 5.91 Å². The highest BCUT2D eigenvalue weighted by Gasteiger charge is 2.37. The van der Waals surface area contributed by atoms with Crippen molar-refractivity contribution in [1.29, 1.82) is 0 Å². The molecule has 0 bridgehead atoms. The third-order valence-corrected chi connectivity index (χ3v) is 4.09. The molecule has 1 aromatic rings. The fourth-order valence-corrected chi connectivity index (χ4v) is 2.59. The molecule has 1 aliphatic rings. The van der Waals surface area contributed by atoms with Crippen LogP contribution in [0.4, 0.5) is 5.69 Å². The van der Waals surface area contributed by atoms with Gasteiger partial charge in [0.15, 0.2) is 0 Å². The summed E-state index contributed by atoms with van der Waals surface area (Å²) in [5.74, 6) is -0.131. The Morgan fingerprint density at radius 2 is 2.32 bits per heavy atom. The van der Waals surface area contributed by atoms with Gasteiger partial charge in [-0.25, -0.2) is 0 Å². The maximum Gasteiger partial charge on any atom is 0.256 e. The van der Waals surface area contributed by atoms with Gasteiger partial charge in [0.05, 0.1) is 5.69 Å². The number of hydrogen-bond donors (Lipinski definition) is 2. The molecule has 1 atom stereocenters. The van der Waals surface area contributed by atoms with E-state index in [1.54, 1.807) is 18.2 Å². The number of ether oxygens (including phenoxy) is 1. The Bertz CT molecular complexity index is 527.